The summed E-state index contributed by atoms with van der Waals surface area (Å²) in [5.41, 5.74) is 0. The normalized spacial score (nSPS) is 9.79. The second-order valence-corrected chi connectivity index (χ2v) is 4.03. The summed E-state index contributed by atoms with van der Waals surface area (Å²) in [4.78, 5) is 34.3. The molecule has 0 unspecified atom stereocenters. The van der Waals surface area contributed by atoms with E-state index in [-0.39, 0.29) is 13.2 Å². The first-order valence-corrected chi connectivity index (χ1v) is 6.05. The predicted molar refractivity (Wildman–Crippen MR) is 67.6 cm³/mol. The molecule has 0 aromatic heterocycles. The van der Waals surface area contributed by atoms with Crippen LogP contribution in [0.25, 0.3) is 0 Å². The summed E-state index contributed by atoms with van der Waals surface area (Å²) < 4.78 is 0. The van der Waals surface area contributed by atoms with Crippen LogP contribution in [0.5, 0.6) is 0 Å². The molecule has 0 aromatic carbocycles. The Morgan fingerprint density at radius 2 is 1.74 bits per heavy atom. The zero-order valence-electron chi connectivity index (χ0n) is 11.0. The fraction of sp³-hybridized carbons (Fsp3) is 0.727. The minimum Gasteiger partial charge on any atom is -0.480 e. The zero-order valence-corrected chi connectivity index (χ0v) is 11.0. The maximum atomic E-state index is 11.5. The molecule has 0 radical (unpaired) electrons. The van der Waals surface area contributed by atoms with Crippen molar-refractivity contribution in [2.45, 2.75) is 19.3 Å². The van der Waals surface area contributed by atoms with Crippen molar-refractivity contribution in [2.24, 2.45) is 0 Å². The Kier molecular flexibility index (Phi) is 9.15. The van der Waals surface area contributed by atoms with Gasteiger partial charge in [0.25, 0.3) is 0 Å². The topological polar surface area (TPSA) is 119 Å². The maximum Gasteiger partial charge on any atom is 0.322 e. The Morgan fingerprint density at radius 3 is 2.32 bits per heavy atom. The van der Waals surface area contributed by atoms with Crippen LogP contribution < -0.4 is 10.6 Å². The quantitative estimate of drug-likeness (QED) is 0.402. The third-order valence-electron chi connectivity index (χ3n) is 2.34. The van der Waals surface area contributed by atoms with E-state index in [4.69, 9.17) is 10.2 Å². The molecular formula is C11H21N3O5. The van der Waals surface area contributed by atoms with Crippen molar-refractivity contribution in [1.29, 1.82) is 0 Å². The lowest BCUT2D eigenvalue weighted by Gasteiger charge is -2.17. The van der Waals surface area contributed by atoms with E-state index in [0.717, 1.165) is 12.8 Å². The molecule has 0 spiro atoms. The van der Waals surface area contributed by atoms with Gasteiger partial charge in [-0.3, -0.25) is 9.59 Å². The highest BCUT2D eigenvalue weighted by Gasteiger charge is 2.10. The summed E-state index contributed by atoms with van der Waals surface area (Å²) in [6.07, 6.45) is 2.30. The number of urea groups is 1. The SMILES string of the molecule is CN(CCCCCO)C(=O)NCC(=O)NCC(=O)O. The summed E-state index contributed by atoms with van der Waals surface area (Å²) in [5, 5.41) is 21.5. The van der Waals surface area contributed by atoms with Crippen molar-refractivity contribution in [3.05, 3.63) is 0 Å². The van der Waals surface area contributed by atoms with Gasteiger partial charge in [-0.25, -0.2) is 4.79 Å². The van der Waals surface area contributed by atoms with Crippen LogP contribution in [0.15, 0.2) is 0 Å². The third-order valence-corrected chi connectivity index (χ3v) is 2.34. The molecule has 0 heterocycles. The van der Waals surface area contributed by atoms with E-state index in [9.17, 15) is 14.4 Å². The van der Waals surface area contributed by atoms with Gasteiger partial charge in [-0.2, -0.15) is 0 Å². The highest BCUT2D eigenvalue weighted by atomic mass is 16.4. The fourth-order valence-electron chi connectivity index (χ4n) is 1.27. The number of carboxylic acid groups (broad SMARTS) is 1. The van der Waals surface area contributed by atoms with Gasteiger partial charge in [0.2, 0.25) is 5.91 Å². The highest BCUT2D eigenvalue weighted by Crippen LogP contribution is 1.96. The van der Waals surface area contributed by atoms with Gasteiger partial charge in [0, 0.05) is 20.2 Å². The minimum atomic E-state index is -1.14. The van der Waals surface area contributed by atoms with Crippen LogP contribution in [0, 0.1) is 0 Å². The van der Waals surface area contributed by atoms with E-state index >= 15 is 0 Å². The number of aliphatic carboxylic acids is 1. The molecule has 0 aromatic rings. The Labute approximate surface area is 111 Å². The number of rotatable bonds is 9. The standard InChI is InChI=1S/C11H21N3O5/c1-14(5-3-2-4-6-15)11(19)13-7-9(16)12-8-10(17)18/h15H,2-8H2,1H3,(H,12,16)(H,13,19)(H,17,18). The lowest BCUT2D eigenvalue weighted by molar-refractivity contribution is -0.137. The monoisotopic (exact) mass is 275 g/mol. The Balaban J connectivity index is 3.71. The van der Waals surface area contributed by atoms with Crippen LogP contribution in [0.4, 0.5) is 4.79 Å². The van der Waals surface area contributed by atoms with E-state index < -0.39 is 24.5 Å². The molecule has 8 nitrogen and oxygen atoms in total. The van der Waals surface area contributed by atoms with E-state index in [2.05, 4.69) is 10.6 Å². The summed E-state index contributed by atoms with van der Waals surface area (Å²) in [6, 6.07) is -0.394. The molecule has 0 saturated heterocycles. The molecule has 0 aliphatic heterocycles. The largest absolute Gasteiger partial charge is 0.480 e. The molecule has 0 atom stereocenters. The summed E-state index contributed by atoms with van der Waals surface area (Å²) >= 11 is 0. The number of aliphatic hydroxyl groups is 1. The van der Waals surface area contributed by atoms with Crippen molar-refractivity contribution in [1.82, 2.24) is 15.5 Å². The summed E-state index contributed by atoms with van der Waals surface area (Å²) in [5.74, 6) is -1.69. The van der Waals surface area contributed by atoms with Crippen LogP contribution in [0.2, 0.25) is 0 Å². The maximum absolute atomic E-state index is 11.5. The Bertz CT molecular complexity index is 309. The van der Waals surface area contributed by atoms with Gasteiger partial charge in [-0.05, 0) is 19.3 Å². The summed E-state index contributed by atoms with van der Waals surface area (Å²) in [6.45, 7) is -0.0545. The van der Waals surface area contributed by atoms with Crippen molar-refractivity contribution in [2.75, 3.05) is 33.3 Å². The molecule has 0 saturated carbocycles. The van der Waals surface area contributed by atoms with Crippen molar-refractivity contribution < 1.29 is 24.6 Å². The second-order valence-electron chi connectivity index (χ2n) is 4.03. The number of hydrogen-bond donors (Lipinski definition) is 4. The summed E-state index contributed by atoms with van der Waals surface area (Å²) in [7, 11) is 1.60. The number of unbranched alkanes of at least 4 members (excludes halogenated alkanes) is 2. The molecule has 8 heteroatoms. The first-order chi connectivity index (χ1) is 8.97. The molecule has 0 aliphatic rings. The highest BCUT2D eigenvalue weighted by molar-refractivity contribution is 5.86. The van der Waals surface area contributed by atoms with Gasteiger partial charge < -0.3 is 25.7 Å². The predicted octanol–water partition coefficient (Wildman–Crippen LogP) is -1.01. The van der Waals surface area contributed by atoms with Gasteiger partial charge in [-0.15, -0.1) is 0 Å². The Hall–Kier alpha value is -1.83. The number of nitrogens with one attached hydrogen (secondary N) is 2. The molecule has 3 amide bonds. The third kappa shape index (κ3) is 9.83. The number of aliphatic hydroxyl groups excluding tert-OH is 1. The van der Waals surface area contributed by atoms with Gasteiger partial charge in [0.05, 0.1) is 6.54 Å². The number of nitrogens with zero attached hydrogens (tertiary/aromatic N) is 1. The zero-order chi connectivity index (χ0) is 14.7. The second kappa shape index (κ2) is 10.1. The lowest BCUT2D eigenvalue weighted by atomic mass is 10.2. The van der Waals surface area contributed by atoms with Gasteiger partial charge >= 0.3 is 12.0 Å². The molecule has 19 heavy (non-hydrogen) atoms. The minimum absolute atomic E-state index is 0.139. The van der Waals surface area contributed by atoms with Gasteiger partial charge in [-0.1, -0.05) is 0 Å². The number of amides is 3. The molecule has 0 fully saturated rings. The van der Waals surface area contributed by atoms with E-state index in [1.54, 1.807) is 7.05 Å². The fourth-order valence-corrected chi connectivity index (χ4v) is 1.27. The molecule has 0 aliphatic carbocycles. The number of carbonyl (C=O) groups excluding carboxylic acids is 2. The molecule has 4 N–H and O–H groups in total. The number of carboxylic acids is 1. The average Bonchev–Trinajstić information content (AvgIpc) is 2.38. The van der Waals surface area contributed by atoms with Crippen LogP contribution in [0.3, 0.4) is 0 Å². The van der Waals surface area contributed by atoms with Crippen molar-refractivity contribution >= 4 is 17.9 Å². The van der Waals surface area contributed by atoms with Crippen LogP contribution in [-0.4, -0.2) is 66.3 Å². The van der Waals surface area contributed by atoms with E-state index in [1.165, 1.54) is 4.90 Å². The van der Waals surface area contributed by atoms with Crippen molar-refractivity contribution in [3.63, 3.8) is 0 Å². The Morgan fingerprint density at radius 1 is 1.05 bits per heavy atom. The van der Waals surface area contributed by atoms with Crippen LogP contribution in [0.1, 0.15) is 19.3 Å². The van der Waals surface area contributed by atoms with E-state index in [1.807, 2.05) is 0 Å². The lowest BCUT2D eigenvalue weighted by Crippen LogP contribution is -2.44. The molecule has 110 valence electrons. The van der Waals surface area contributed by atoms with E-state index in [0.29, 0.717) is 13.0 Å². The van der Waals surface area contributed by atoms with Gasteiger partial charge in [0.15, 0.2) is 0 Å². The smallest absolute Gasteiger partial charge is 0.322 e. The van der Waals surface area contributed by atoms with Crippen molar-refractivity contribution in [3.8, 4) is 0 Å². The first-order valence-electron chi connectivity index (χ1n) is 6.05. The van der Waals surface area contributed by atoms with Crippen LogP contribution in [-0.2, 0) is 9.59 Å². The molecule has 0 bridgehead atoms. The number of hydrogen-bond acceptors (Lipinski definition) is 4. The molecular weight excluding hydrogens is 254 g/mol. The average molecular weight is 275 g/mol. The van der Waals surface area contributed by atoms with Gasteiger partial charge in [0.1, 0.15) is 6.54 Å². The molecule has 0 rings (SSSR count). The van der Waals surface area contributed by atoms with Crippen LogP contribution >= 0.6 is 0 Å². The number of carbonyl (C=O) groups is 3. The first kappa shape index (κ1) is 17.2.